The molecule has 2 rings (SSSR count). The molecule has 0 fully saturated rings. The van der Waals surface area contributed by atoms with Crippen molar-refractivity contribution < 1.29 is 4.79 Å². The van der Waals surface area contributed by atoms with E-state index in [4.69, 9.17) is 0 Å². The van der Waals surface area contributed by atoms with Crippen LogP contribution in [-0.2, 0) is 0 Å². The Kier molecular flexibility index (Phi) is 33.4. The van der Waals surface area contributed by atoms with E-state index in [-0.39, 0.29) is 5.78 Å². The molecule has 0 heterocycles. The second-order valence-corrected chi connectivity index (χ2v) is 3.50. The van der Waals surface area contributed by atoms with Crippen LogP contribution in [0.4, 0.5) is 0 Å². The molecular weight excluding hydrogens is 304 g/mol. The van der Waals surface area contributed by atoms with Gasteiger partial charge in [-0.2, -0.15) is 0 Å². The van der Waals surface area contributed by atoms with Crippen molar-refractivity contribution in [3.8, 4) is 11.1 Å². The average Bonchev–Trinajstić information content (AvgIpc) is 2.76. The SMILES string of the molecule is CC.CC.CC.CC.CC.CC(=O)c1ccc(-c2ccccc2)cc1. The predicted molar refractivity (Wildman–Crippen MR) is 119 cm³/mol. The van der Waals surface area contributed by atoms with Gasteiger partial charge in [-0.1, -0.05) is 124 Å². The lowest BCUT2D eigenvalue weighted by Gasteiger charge is -2.01. The van der Waals surface area contributed by atoms with Gasteiger partial charge in [-0.3, -0.25) is 4.79 Å². The molecule has 0 amide bonds. The normalized spacial score (nSPS) is 7.16. The topological polar surface area (TPSA) is 17.1 Å². The fourth-order valence-corrected chi connectivity index (χ4v) is 1.53. The Morgan fingerprint density at radius 3 is 1.16 bits per heavy atom. The Hall–Kier alpha value is -1.89. The third kappa shape index (κ3) is 15.4. The Morgan fingerprint density at radius 2 is 0.840 bits per heavy atom. The largest absolute Gasteiger partial charge is 0.295 e. The molecule has 1 heteroatoms. The van der Waals surface area contributed by atoms with Crippen LogP contribution in [0.5, 0.6) is 0 Å². The predicted octanol–water partition coefficient (Wildman–Crippen LogP) is 8.69. The van der Waals surface area contributed by atoms with E-state index in [0.717, 1.165) is 11.1 Å². The van der Waals surface area contributed by atoms with Gasteiger partial charge >= 0.3 is 0 Å². The minimum absolute atomic E-state index is 0.106. The van der Waals surface area contributed by atoms with Crippen LogP contribution >= 0.6 is 0 Å². The maximum Gasteiger partial charge on any atom is 0.159 e. The van der Waals surface area contributed by atoms with E-state index in [1.165, 1.54) is 5.56 Å². The van der Waals surface area contributed by atoms with E-state index in [1.54, 1.807) is 6.92 Å². The lowest BCUT2D eigenvalue weighted by Crippen LogP contribution is -1.90. The van der Waals surface area contributed by atoms with Gasteiger partial charge in [-0.15, -0.1) is 0 Å². The van der Waals surface area contributed by atoms with E-state index in [2.05, 4.69) is 12.1 Å². The van der Waals surface area contributed by atoms with E-state index in [1.807, 2.05) is 112 Å². The van der Waals surface area contributed by atoms with Gasteiger partial charge in [0.2, 0.25) is 0 Å². The number of hydrogen-bond donors (Lipinski definition) is 0. The van der Waals surface area contributed by atoms with Gasteiger partial charge in [0.1, 0.15) is 0 Å². The molecule has 2 aromatic rings. The number of benzene rings is 2. The number of hydrogen-bond acceptors (Lipinski definition) is 1. The van der Waals surface area contributed by atoms with Crippen molar-refractivity contribution in [1.29, 1.82) is 0 Å². The van der Waals surface area contributed by atoms with Gasteiger partial charge in [0.15, 0.2) is 5.78 Å². The van der Waals surface area contributed by atoms with Crippen molar-refractivity contribution in [3.05, 3.63) is 60.2 Å². The minimum atomic E-state index is 0.106. The second-order valence-electron chi connectivity index (χ2n) is 3.50. The zero-order valence-electron chi connectivity index (χ0n) is 18.6. The van der Waals surface area contributed by atoms with Crippen LogP contribution in [0.2, 0.25) is 0 Å². The molecule has 0 aliphatic rings. The molecular formula is C24H42O. The molecule has 0 N–H and O–H groups in total. The number of carbonyl (C=O) groups excluding carboxylic acids is 1. The van der Waals surface area contributed by atoms with Crippen LogP contribution < -0.4 is 0 Å². The quantitative estimate of drug-likeness (QED) is 0.497. The molecule has 0 spiro atoms. The number of rotatable bonds is 2. The fourth-order valence-electron chi connectivity index (χ4n) is 1.53. The highest BCUT2D eigenvalue weighted by atomic mass is 16.1. The van der Waals surface area contributed by atoms with Crippen molar-refractivity contribution in [3.63, 3.8) is 0 Å². The van der Waals surface area contributed by atoms with Crippen LogP contribution in [0.25, 0.3) is 11.1 Å². The standard InChI is InChI=1S/C14H12O.5C2H6/c1-11(15)12-7-9-14(10-8-12)13-5-3-2-4-6-13;5*1-2/h2-10H,1H3;5*1-2H3. The van der Waals surface area contributed by atoms with Gasteiger partial charge in [0, 0.05) is 5.56 Å². The summed E-state index contributed by atoms with van der Waals surface area (Å²) in [5, 5.41) is 0. The van der Waals surface area contributed by atoms with Gasteiger partial charge in [-0.25, -0.2) is 0 Å². The summed E-state index contributed by atoms with van der Waals surface area (Å²) in [6.45, 7) is 21.6. The van der Waals surface area contributed by atoms with Crippen LogP contribution in [0.15, 0.2) is 54.6 Å². The van der Waals surface area contributed by atoms with E-state index in [0.29, 0.717) is 0 Å². The Bertz CT molecular complexity index is 455. The Balaban J connectivity index is -0.000000191. The zero-order valence-corrected chi connectivity index (χ0v) is 18.6. The van der Waals surface area contributed by atoms with E-state index < -0.39 is 0 Å². The molecule has 0 aliphatic carbocycles. The lowest BCUT2D eigenvalue weighted by atomic mass is 10.0. The van der Waals surface area contributed by atoms with Crippen LogP contribution in [0.3, 0.4) is 0 Å². The minimum Gasteiger partial charge on any atom is -0.295 e. The summed E-state index contributed by atoms with van der Waals surface area (Å²) in [7, 11) is 0. The van der Waals surface area contributed by atoms with Crippen LogP contribution in [-0.4, -0.2) is 5.78 Å². The highest BCUT2D eigenvalue weighted by molar-refractivity contribution is 5.94. The summed E-state index contributed by atoms with van der Waals surface area (Å²) in [6, 6.07) is 17.8. The first-order valence-corrected chi connectivity index (χ1v) is 9.94. The smallest absolute Gasteiger partial charge is 0.159 e. The first-order valence-electron chi connectivity index (χ1n) is 9.94. The zero-order chi connectivity index (χ0) is 20.7. The van der Waals surface area contributed by atoms with Gasteiger partial charge in [0.25, 0.3) is 0 Å². The van der Waals surface area contributed by atoms with Gasteiger partial charge in [-0.05, 0) is 18.1 Å². The molecule has 0 aromatic heterocycles. The molecule has 2 aromatic carbocycles. The van der Waals surface area contributed by atoms with Gasteiger partial charge < -0.3 is 0 Å². The summed E-state index contributed by atoms with van der Waals surface area (Å²) < 4.78 is 0. The monoisotopic (exact) mass is 346 g/mol. The number of carbonyl (C=O) groups is 1. The maximum atomic E-state index is 11.1. The van der Waals surface area contributed by atoms with E-state index >= 15 is 0 Å². The molecule has 0 unspecified atom stereocenters. The molecule has 144 valence electrons. The summed E-state index contributed by atoms with van der Waals surface area (Å²) in [4.78, 5) is 11.1. The molecule has 0 aliphatic heterocycles. The van der Waals surface area contributed by atoms with Crippen molar-refractivity contribution in [2.75, 3.05) is 0 Å². The summed E-state index contributed by atoms with van der Waals surface area (Å²) in [6.07, 6.45) is 0. The molecule has 0 atom stereocenters. The van der Waals surface area contributed by atoms with Crippen LogP contribution in [0.1, 0.15) is 86.5 Å². The first kappa shape index (κ1) is 30.9. The number of ketones is 1. The third-order valence-corrected chi connectivity index (χ3v) is 2.40. The molecule has 0 radical (unpaired) electrons. The van der Waals surface area contributed by atoms with Gasteiger partial charge in [0.05, 0.1) is 0 Å². The van der Waals surface area contributed by atoms with Crippen molar-refractivity contribution in [2.45, 2.75) is 76.2 Å². The van der Waals surface area contributed by atoms with Crippen molar-refractivity contribution in [2.24, 2.45) is 0 Å². The molecule has 0 bridgehead atoms. The fraction of sp³-hybridized carbons (Fsp3) is 0.458. The maximum absolute atomic E-state index is 11.1. The van der Waals surface area contributed by atoms with Crippen LogP contribution in [0, 0.1) is 0 Å². The molecule has 25 heavy (non-hydrogen) atoms. The Labute approximate surface area is 158 Å². The summed E-state index contributed by atoms with van der Waals surface area (Å²) in [5.41, 5.74) is 3.07. The highest BCUT2D eigenvalue weighted by Crippen LogP contribution is 2.19. The Morgan fingerprint density at radius 1 is 0.520 bits per heavy atom. The average molecular weight is 347 g/mol. The van der Waals surface area contributed by atoms with Crippen molar-refractivity contribution in [1.82, 2.24) is 0 Å². The molecule has 0 saturated heterocycles. The number of Topliss-reactive ketones (excluding diaryl/α,β-unsaturated/α-hetero) is 1. The van der Waals surface area contributed by atoms with Crippen molar-refractivity contribution >= 4 is 5.78 Å². The van der Waals surface area contributed by atoms with E-state index in [9.17, 15) is 4.79 Å². The lowest BCUT2D eigenvalue weighted by molar-refractivity contribution is 0.101. The summed E-state index contributed by atoms with van der Waals surface area (Å²) >= 11 is 0. The first-order chi connectivity index (χ1) is 12.3. The molecule has 1 nitrogen and oxygen atoms in total. The third-order valence-electron chi connectivity index (χ3n) is 2.40. The summed E-state index contributed by atoms with van der Waals surface area (Å²) in [5.74, 6) is 0.106. The highest BCUT2D eigenvalue weighted by Gasteiger charge is 1.99. The molecule has 0 saturated carbocycles. The second kappa shape index (κ2) is 27.0.